The Morgan fingerprint density at radius 1 is 1.44 bits per heavy atom. The summed E-state index contributed by atoms with van der Waals surface area (Å²) in [6, 6.07) is 9.32. The molecular formula is C13H14BrN3O. The van der Waals surface area contributed by atoms with Crippen molar-refractivity contribution in [3.05, 3.63) is 51.8 Å². The highest BCUT2D eigenvalue weighted by molar-refractivity contribution is 9.10. The number of nitrogens with zero attached hydrogens (tertiary/aromatic N) is 2. The Balaban J connectivity index is 2.05. The van der Waals surface area contributed by atoms with E-state index in [9.17, 15) is 4.79 Å². The standard InChI is InChI=1S/C13H14BrN3O/c1-9-7-10(17(2)16-9)8-15-13(18)11-5-3-4-6-12(11)14/h3-7H,8H2,1-2H3,(H,15,18). The van der Waals surface area contributed by atoms with Crippen LogP contribution in [0.15, 0.2) is 34.8 Å². The molecule has 0 spiro atoms. The fourth-order valence-corrected chi connectivity index (χ4v) is 2.21. The van der Waals surface area contributed by atoms with Crippen molar-refractivity contribution < 1.29 is 4.79 Å². The molecule has 1 amide bonds. The maximum Gasteiger partial charge on any atom is 0.252 e. The minimum absolute atomic E-state index is 0.0960. The Labute approximate surface area is 114 Å². The highest BCUT2D eigenvalue weighted by atomic mass is 79.9. The van der Waals surface area contributed by atoms with Crippen molar-refractivity contribution in [2.45, 2.75) is 13.5 Å². The molecular weight excluding hydrogens is 294 g/mol. The number of hydrogen-bond donors (Lipinski definition) is 1. The molecule has 0 saturated heterocycles. The third-order valence-corrected chi connectivity index (χ3v) is 3.34. The maximum atomic E-state index is 12.0. The van der Waals surface area contributed by atoms with Gasteiger partial charge < -0.3 is 5.32 Å². The van der Waals surface area contributed by atoms with Gasteiger partial charge in [0.2, 0.25) is 0 Å². The van der Waals surface area contributed by atoms with Gasteiger partial charge in [0.05, 0.1) is 23.5 Å². The molecule has 2 aromatic rings. The lowest BCUT2D eigenvalue weighted by Crippen LogP contribution is -2.24. The number of nitrogens with one attached hydrogen (secondary N) is 1. The molecule has 0 fully saturated rings. The first-order chi connectivity index (χ1) is 8.58. The van der Waals surface area contributed by atoms with Crippen LogP contribution in [0.4, 0.5) is 0 Å². The van der Waals surface area contributed by atoms with E-state index in [-0.39, 0.29) is 5.91 Å². The Hall–Kier alpha value is -1.62. The molecule has 1 aromatic carbocycles. The molecule has 0 aliphatic rings. The predicted molar refractivity (Wildman–Crippen MR) is 73.3 cm³/mol. The van der Waals surface area contributed by atoms with Crippen LogP contribution in [0.25, 0.3) is 0 Å². The molecule has 0 atom stereocenters. The topological polar surface area (TPSA) is 46.9 Å². The molecule has 1 aromatic heterocycles. The van der Waals surface area contributed by atoms with Crippen LogP contribution < -0.4 is 5.32 Å². The molecule has 0 radical (unpaired) electrons. The van der Waals surface area contributed by atoms with Gasteiger partial charge in [0.1, 0.15) is 0 Å². The molecule has 18 heavy (non-hydrogen) atoms. The Kier molecular flexibility index (Phi) is 3.81. The van der Waals surface area contributed by atoms with Gasteiger partial charge in [-0.3, -0.25) is 9.48 Å². The number of carbonyl (C=O) groups excluding carboxylic acids is 1. The van der Waals surface area contributed by atoms with Crippen LogP contribution in [0, 0.1) is 6.92 Å². The number of aromatic nitrogens is 2. The first kappa shape index (κ1) is 12.8. The van der Waals surface area contributed by atoms with Crippen LogP contribution in [0.1, 0.15) is 21.7 Å². The Morgan fingerprint density at radius 3 is 2.78 bits per heavy atom. The summed E-state index contributed by atoms with van der Waals surface area (Å²) in [5.74, 6) is -0.0960. The summed E-state index contributed by atoms with van der Waals surface area (Å²) in [5, 5.41) is 7.12. The summed E-state index contributed by atoms with van der Waals surface area (Å²) in [6.45, 7) is 2.40. The first-order valence-corrected chi connectivity index (χ1v) is 6.39. The third kappa shape index (κ3) is 2.79. The van der Waals surface area contributed by atoms with Crippen LogP contribution in [0.3, 0.4) is 0 Å². The van der Waals surface area contributed by atoms with Gasteiger partial charge in [0.15, 0.2) is 0 Å². The maximum absolute atomic E-state index is 12.0. The zero-order valence-electron chi connectivity index (χ0n) is 10.3. The van der Waals surface area contributed by atoms with Gasteiger partial charge in [-0.1, -0.05) is 12.1 Å². The summed E-state index contributed by atoms with van der Waals surface area (Å²) in [7, 11) is 1.87. The minimum atomic E-state index is -0.0960. The van der Waals surface area contributed by atoms with Crippen molar-refractivity contribution in [3.63, 3.8) is 0 Å². The lowest BCUT2D eigenvalue weighted by atomic mass is 10.2. The molecule has 0 aliphatic heterocycles. The summed E-state index contributed by atoms with van der Waals surface area (Å²) >= 11 is 3.36. The van der Waals surface area contributed by atoms with Gasteiger partial charge in [0.25, 0.3) is 5.91 Å². The number of halogens is 1. The van der Waals surface area contributed by atoms with Crippen molar-refractivity contribution in [1.82, 2.24) is 15.1 Å². The van der Waals surface area contributed by atoms with E-state index in [0.29, 0.717) is 12.1 Å². The van der Waals surface area contributed by atoms with Gasteiger partial charge in [0, 0.05) is 11.5 Å². The van der Waals surface area contributed by atoms with E-state index in [4.69, 9.17) is 0 Å². The van der Waals surface area contributed by atoms with E-state index < -0.39 is 0 Å². The minimum Gasteiger partial charge on any atom is -0.346 e. The van der Waals surface area contributed by atoms with E-state index >= 15 is 0 Å². The van der Waals surface area contributed by atoms with E-state index in [2.05, 4.69) is 26.3 Å². The van der Waals surface area contributed by atoms with Gasteiger partial charge in [-0.05, 0) is 41.1 Å². The Bertz CT molecular complexity index is 577. The molecule has 0 saturated carbocycles. The lowest BCUT2D eigenvalue weighted by molar-refractivity contribution is 0.0949. The highest BCUT2D eigenvalue weighted by Gasteiger charge is 2.09. The summed E-state index contributed by atoms with van der Waals surface area (Å²) in [6.07, 6.45) is 0. The zero-order valence-corrected chi connectivity index (χ0v) is 11.9. The molecule has 5 heteroatoms. The van der Waals surface area contributed by atoms with Gasteiger partial charge in [-0.25, -0.2) is 0 Å². The molecule has 0 aliphatic carbocycles. The quantitative estimate of drug-likeness (QED) is 0.946. The first-order valence-electron chi connectivity index (χ1n) is 5.60. The largest absolute Gasteiger partial charge is 0.346 e. The summed E-state index contributed by atoms with van der Waals surface area (Å²) < 4.78 is 2.57. The molecule has 0 bridgehead atoms. The second kappa shape index (κ2) is 5.35. The lowest BCUT2D eigenvalue weighted by Gasteiger charge is -2.06. The number of carbonyl (C=O) groups is 1. The van der Waals surface area contributed by atoms with Crippen molar-refractivity contribution >= 4 is 21.8 Å². The van der Waals surface area contributed by atoms with E-state index in [1.54, 1.807) is 10.7 Å². The summed E-state index contributed by atoms with van der Waals surface area (Å²) in [5.41, 5.74) is 2.56. The van der Waals surface area contributed by atoms with E-state index in [0.717, 1.165) is 15.9 Å². The van der Waals surface area contributed by atoms with Crippen LogP contribution >= 0.6 is 15.9 Å². The molecule has 4 nitrogen and oxygen atoms in total. The normalized spacial score (nSPS) is 10.4. The summed E-state index contributed by atoms with van der Waals surface area (Å²) in [4.78, 5) is 12.0. The van der Waals surface area contributed by atoms with E-state index in [1.165, 1.54) is 0 Å². The van der Waals surface area contributed by atoms with Crippen LogP contribution in [0.2, 0.25) is 0 Å². The molecule has 1 heterocycles. The van der Waals surface area contributed by atoms with E-state index in [1.807, 2.05) is 38.2 Å². The number of aryl methyl sites for hydroxylation is 2. The molecule has 2 rings (SSSR count). The SMILES string of the molecule is Cc1cc(CNC(=O)c2ccccc2Br)n(C)n1. The van der Waals surface area contributed by atoms with Crippen LogP contribution in [-0.2, 0) is 13.6 Å². The number of hydrogen-bond acceptors (Lipinski definition) is 2. The predicted octanol–water partition coefficient (Wildman–Crippen LogP) is 2.42. The van der Waals surface area contributed by atoms with Crippen molar-refractivity contribution in [2.75, 3.05) is 0 Å². The monoisotopic (exact) mass is 307 g/mol. The van der Waals surface area contributed by atoms with Gasteiger partial charge in [-0.2, -0.15) is 5.10 Å². The van der Waals surface area contributed by atoms with Crippen molar-refractivity contribution in [3.8, 4) is 0 Å². The van der Waals surface area contributed by atoms with Crippen molar-refractivity contribution in [2.24, 2.45) is 7.05 Å². The molecule has 1 N–H and O–H groups in total. The van der Waals surface area contributed by atoms with Gasteiger partial charge in [-0.15, -0.1) is 0 Å². The average molecular weight is 308 g/mol. The fraction of sp³-hybridized carbons (Fsp3) is 0.231. The fourth-order valence-electron chi connectivity index (χ4n) is 1.74. The van der Waals surface area contributed by atoms with Crippen LogP contribution in [0.5, 0.6) is 0 Å². The second-order valence-corrected chi connectivity index (χ2v) is 4.92. The number of amides is 1. The average Bonchev–Trinajstić information content (AvgIpc) is 2.65. The number of benzene rings is 1. The zero-order chi connectivity index (χ0) is 13.1. The van der Waals surface area contributed by atoms with Crippen molar-refractivity contribution in [1.29, 1.82) is 0 Å². The smallest absolute Gasteiger partial charge is 0.252 e. The van der Waals surface area contributed by atoms with Crippen LogP contribution in [-0.4, -0.2) is 15.7 Å². The second-order valence-electron chi connectivity index (χ2n) is 4.06. The Morgan fingerprint density at radius 2 is 2.17 bits per heavy atom. The third-order valence-electron chi connectivity index (χ3n) is 2.65. The number of rotatable bonds is 3. The molecule has 94 valence electrons. The van der Waals surface area contributed by atoms with Gasteiger partial charge >= 0.3 is 0 Å². The molecule has 0 unspecified atom stereocenters. The highest BCUT2D eigenvalue weighted by Crippen LogP contribution is 2.15.